The van der Waals surface area contributed by atoms with Crippen molar-refractivity contribution >= 4 is 34.8 Å². The van der Waals surface area contributed by atoms with Crippen LogP contribution in [-0.2, 0) is 4.79 Å². The summed E-state index contributed by atoms with van der Waals surface area (Å²) in [5.41, 5.74) is 0.0295. The zero-order chi connectivity index (χ0) is 10.0. The summed E-state index contributed by atoms with van der Waals surface area (Å²) in [6, 6.07) is 2.77. The Morgan fingerprint density at radius 2 is 2.08 bits per heavy atom. The molecular weight excluding hydrogens is 216 g/mol. The summed E-state index contributed by atoms with van der Waals surface area (Å²) in [7, 11) is 0. The third kappa shape index (κ3) is 2.32. The molecule has 0 aliphatic carbocycles. The van der Waals surface area contributed by atoms with Crippen molar-refractivity contribution in [1.29, 1.82) is 0 Å². The van der Waals surface area contributed by atoms with E-state index in [0.29, 0.717) is 0 Å². The van der Waals surface area contributed by atoms with E-state index in [1.54, 1.807) is 0 Å². The molecule has 0 saturated carbocycles. The molecular formula is C8H6Cl2FNO. The summed E-state index contributed by atoms with van der Waals surface area (Å²) in [6.45, 7) is 1.28. The number of anilines is 1. The average Bonchev–Trinajstić information content (AvgIpc) is 2.06. The maximum Gasteiger partial charge on any atom is 0.221 e. The summed E-state index contributed by atoms with van der Waals surface area (Å²) < 4.78 is 13.2. The van der Waals surface area contributed by atoms with Gasteiger partial charge in [-0.3, -0.25) is 4.79 Å². The van der Waals surface area contributed by atoms with E-state index in [4.69, 9.17) is 23.2 Å². The molecule has 1 N–H and O–H groups in total. The molecule has 2 nitrogen and oxygen atoms in total. The summed E-state index contributed by atoms with van der Waals surface area (Å²) in [5, 5.41) is 2.22. The van der Waals surface area contributed by atoms with Gasteiger partial charge in [-0.2, -0.15) is 0 Å². The lowest BCUT2D eigenvalue weighted by Crippen LogP contribution is -2.07. The molecule has 0 heterocycles. The number of carbonyl (C=O) groups excluding carboxylic acids is 1. The molecule has 0 bridgehead atoms. The molecule has 0 fully saturated rings. The molecule has 0 spiro atoms. The Bertz CT molecular complexity index is 354. The molecule has 1 aromatic carbocycles. The van der Waals surface area contributed by atoms with Crippen molar-refractivity contribution in [1.82, 2.24) is 0 Å². The smallest absolute Gasteiger partial charge is 0.221 e. The maximum atomic E-state index is 13.2. The van der Waals surface area contributed by atoms with Crippen LogP contribution in [0.2, 0.25) is 10.0 Å². The van der Waals surface area contributed by atoms with Crippen molar-refractivity contribution in [2.75, 3.05) is 5.32 Å². The van der Waals surface area contributed by atoms with Crippen LogP contribution in [0.25, 0.3) is 0 Å². The highest BCUT2D eigenvalue weighted by molar-refractivity contribution is 6.42. The maximum absolute atomic E-state index is 13.2. The van der Waals surface area contributed by atoms with Gasteiger partial charge in [0.15, 0.2) is 5.82 Å². The van der Waals surface area contributed by atoms with Gasteiger partial charge in [-0.15, -0.1) is 0 Å². The van der Waals surface area contributed by atoms with Gasteiger partial charge in [0.05, 0.1) is 15.7 Å². The first-order chi connectivity index (χ1) is 6.02. The molecule has 0 atom stereocenters. The fraction of sp³-hybridized carbons (Fsp3) is 0.125. The molecule has 0 aliphatic heterocycles. The second-order valence-electron chi connectivity index (χ2n) is 2.40. The lowest BCUT2D eigenvalue weighted by atomic mass is 10.3. The predicted molar refractivity (Wildman–Crippen MR) is 50.7 cm³/mol. The van der Waals surface area contributed by atoms with Gasteiger partial charge in [-0.25, -0.2) is 4.39 Å². The fourth-order valence-corrected chi connectivity index (χ4v) is 1.12. The van der Waals surface area contributed by atoms with E-state index in [0.717, 1.165) is 0 Å². The quantitative estimate of drug-likeness (QED) is 0.726. The van der Waals surface area contributed by atoms with Crippen LogP contribution in [0.15, 0.2) is 12.1 Å². The zero-order valence-electron chi connectivity index (χ0n) is 6.70. The highest BCUT2D eigenvalue weighted by Crippen LogP contribution is 2.29. The van der Waals surface area contributed by atoms with E-state index in [2.05, 4.69) is 5.32 Å². The molecule has 0 saturated heterocycles. The van der Waals surface area contributed by atoms with Gasteiger partial charge in [0.25, 0.3) is 0 Å². The number of benzene rings is 1. The third-order valence-electron chi connectivity index (χ3n) is 1.35. The van der Waals surface area contributed by atoms with Crippen LogP contribution in [0.3, 0.4) is 0 Å². The summed E-state index contributed by atoms with van der Waals surface area (Å²) in [4.78, 5) is 10.6. The molecule has 0 aliphatic rings. The predicted octanol–water partition coefficient (Wildman–Crippen LogP) is 3.09. The number of carbonyl (C=O) groups is 1. The van der Waals surface area contributed by atoms with E-state index >= 15 is 0 Å². The van der Waals surface area contributed by atoms with Crippen molar-refractivity contribution in [3.05, 3.63) is 28.0 Å². The van der Waals surface area contributed by atoms with Gasteiger partial charge in [-0.1, -0.05) is 23.2 Å². The number of rotatable bonds is 1. The molecule has 0 unspecified atom stereocenters. The van der Waals surface area contributed by atoms with E-state index < -0.39 is 5.82 Å². The van der Waals surface area contributed by atoms with Crippen LogP contribution in [0.1, 0.15) is 6.92 Å². The Morgan fingerprint density at radius 3 is 2.62 bits per heavy atom. The Labute approximate surface area is 84.6 Å². The standard InChI is InChI=1S/C8H6Cl2FNO/c1-4(13)12-6-3-2-5(9)7(10)8(6)11/h2-3H,1H3,(H,12,13). The van der Waals surface area contributed by atoms with E-state index in [-0.39, 0.29) is 21.6 Å². The summed E-state index contributed by atoms with van der Waals surface area (Å²) >= 11 is 11.0. The number of amides is 1. The Hall–Kier alpha value is -0.800. The van der Waals surface area contributed by atoms with Crippen molar-refractivity contribution in [3.8, 4) is 0 Å². The molecule has 1 amide bonds. The first-order valence-corrected chi connectivity index (χ1v) is 4.19. The fourth-order valence-electron chi connectivity index (χ4n) is 0.812. The molecule has 5 heteroatoms. The van der Waals surface area contributed by atoms with Gasteiger partial charge in [-0.05, 0) is 12.1 Å². The first-order valence-electron chi connectivity index (χ1n) is 3.43. The number of hydrogen-bond donors (Lipinski definition) is 1. The molecule has 13 heavy (non-hydrogen) atoms. The SMILES string of the molecule is CC(=O)Nc1ccc(Cl)c(Cl)c1F. The van der Waals surface area contributed by atoms with Crippen molar-refractivity contribution in [2.24, 2.45) is 0 Å². The second kappa shape index (κ2) is 3.94. The highest BCUT2D eigenvalue weighted by atomic mass is 35.5. The Kier molecular flexibility index (Phi) is 3.12. The van der Waals surface area contributed by atoms with E-state index in [1.807, 2.05) is 0 Å². The summed E-state index contributed by atoms with van der Waals surface area (Å²) in [5.74, 6) is -1.08. The van der Waals surface area contributed by atoms with Gasteiger partial charge in [0.2, 0.25) is 5.91 Å². The zero-order valence-corrected chi connectivity index (χ0v) is 8.21. The van der Waals surface area contributed by atoms with E-state index in [1.165, 1.54) is 19.1 Å². The first kappa shape index (κ1) is 10.3. The van der Waals surface area contributed by atoms with Gasteiger partial charge >= 0.3 is 0 Å². The molecule has 0 radical (unpaired) electrons. The molecule has 0 aromatic heterocycles. The highest BCUT2D eigenvalue weighted by Gasteiger charge is 2.10. The summed E-state index contributed by atoms with van der Waals surface area (Å²) in [6.07, 6.45) is 0. The van der Waals surface area contributed by atoms with E-state index in [9.17, 15) is 9.18 Å². The van der Waals surface area contributed by atoms with Crippen LogP contribution in [0, 0.1) is 5.82 Å². The minimum absolute atomic E-state index is 0.0295. The van der Waals surface area contributed by atoms with Crippen LogP contribution in [-0.4, -0.2) is 5.91 Å². The topological polar surface area (TPSA) is 29.1 Å². The van der Waals surface area contributed by atoms with Crippen molar-refractivity contribution < 1.29 is 9.18 Å². The Balaban J connectivity index is 3.10. The van der Waals surface area contributed by atoms with Crippen molar-refractivity contribution in [2.45, 2.75) is 6.92 Å². The van der Waals surface area contributed by atoms with Gasteiger partial charge < -0.3 is 5.32 Å². The second-order valence-corrected chi connectivity index (χ2v) is 3.19. The van der Waals surface area contributed by atoms with Crippen LogP contribution < -0.4 is 5.32 Å². The lowest BCUT2D eigenvalue weighted by molar-refractivity contribution is -0.114. The van der Waals surface area contributed by atoms with Crippen LogP contribution in [0.5, 0.6) is 0 Å². The molecule has 1 rings (SSSR count). The van der Waals surface area contributed by atoms with Gasteiger partial charge in [0.1, 0.15) is 0 Å². The van der Waals surface area contributed by atoms with Gasteiger partial charge in [0, 0.05) is 6.92 Å². The molecule has 1 aromatic rings. The minimum Gasteiger partial charge on any atom is -0.324 e. The van der Waals surface area contributed by atoms with Crippen LogP contribution in [0.4, 0.5) is 10.1 Å². The number of nitrogens with one attached hydrogen (secondary N) is 1. The number of halogens is 3. The Morgan fingerprint density at radius 1 is 1.46 bits per heavy atom. The monoisotopic (exact) mass is 221 g/mol. The lowest BCUT2D eigenvalue weighted by Gasteiger charge is -2.05. The largest absolute Gasteiger partial charge is 0.324 e. The minimum atomic E-state index is -0.718. The number of hydrogen-bond acceptors (Lipinski definition) is 1. The van der Waals surface area contributed by atoms with Crippen molar-refractivity contribution in [3.63, 3.8) is 0 Å². The average molecular weight is 222 g/mol. The van der Waals surface area contributed by atoms with Crippen LogP contribution >= 0.6 is 23.2 Å². The molecule has 70 valence electrons. The normalized spacial score (nSPS) is 9.85. The third-order valence-corrected chi connectivity index (χ3v) is 2.13.